The first-order valence-corrected chi connectivity index (χ1v) is 13.2. The number of nitrogens with zero attached hydrogens (tertiary/aromatic N) is 3. The first-order chi connectivity index (χ1) is 18.2. The Morgan fingerprint density at radius 3 is 2.57 bits per heavy atom. The maximum absolute atomic E-state index is 13.0. The van der Waals surface area contributed by atoms with E-state index in [0.717, 1.165) is 47.7 Å². The van der Waals surface area contributed by atoms with Crippen molar-refractivity contribution < 1.29 is 9.53 Å². The number of carbonyl (C=O) groups excluding carboxylic acids is 1. The number of ether oxygens (including phenoxy) is 1. The van der Waals surface area contributed by atoms with Gasteiger partial charge in [-0.05, 0) is 60.0 Å². The third kappa shape index (κ3) is 4.79. The lowest BCUT2D eigenvalue weighted by molar-refractivity contribution is -0.117. The Kier molecular flexibility index (Phi) is 6.54. The summed E-state index contributed by atoms with van der Waals surface area (Å²) < 4.78 is 8.34. The lowest BCUT2D eigenvalue weighted by Crippen LogP contribution is -2.24. The molecule has 1 fully saturated rings. The molecule has 4 aromatic carbocycles. The number of hydrogen-bond donors (Lipinski definition) is 0. The summed E-state index contributed by atoms with van der Waals surface area (Å²) in [5.74, 6) is 1.97. The maximum atomic E-state index is 13.0. The Balaban J connectivity index is 1.15. The molecule has 1 aliphatic heterocycles. The van der Waals surface area contributed by atoms with Gasteiger partial charge in [-0.2, -0.15) is 0 Å². The molecule has 0 N–H and O–H groups in total. The van der Waals surface area contributed by atoms with Crippen LogP contribution in [0.5, 0.6) is 5.75 Å². The van der Waals surface area contributed by atoms with E-state index < -0.39 is 0 Å². The van der Waals surface area contributed by atoms with E-state index in [1.165, 1.54) is 10.8 Å². The molecule has 1 amide bonds. The topological polar surface area (TPSA) is 47.4 Å². The second-order valence-electron chi connectivity index (χ2n) is 9.53. The molecule has 5 nitrogen and oxygen atoms in total. The van der Waals surface area contributed by atoms with Crippen molar-refractivity contribution >= 4 is 45.0 Å². The largest absolute Gasteiger partial charge is 0.494 e. The van der Waals surface area contributed by atoms with Crippen LogP contribution in [0.4, 0.5) is 5.69 Å². The number of amides is 1. The quantitative estimate of drug-likeness (QED) is 0.207. The summed E-state index contributed by atoms with van der Waals surface area (Å²) in [4.78, 5) is 19.7. The number of anilines is 1. The Morgan fingerprint density at radius 2 is 1.68 bits per heavy atom. The van der Waals surface area contributed by atoms with E-state index in [1.807, 2.05) is 60.7 Å². The highest BCUT2D eigenvalue weighted by Gasteiger charge is 2.35. The molecular formula is C31H28ClN3O2. The van der Waals surface area contributed by atoms with Gasteiger partial charge in [0.05, 0.1) is 28.4 Å². The fourth-order valence-electron chi connectivity index (χ4n) is 5.24. The van der Waals surface area contributed by atoms with Gasteiger partial charge in [0.25, 0.3) is 0 Å². The van der Waals surface area contributed by atoms with Gasteiger partial charge >= 0.3 is 0 Å². The van der Waals surface area contributed by atoms with E-state index in [2.05, 4.69) is 34.9 Å². The molecule has 0 bridgehead atoms. The van der Waals surface area contributed by atoms with Crippen molar-refractivity contribution in [3.8, 4) is 5.75 Å². The van der Waals surface area contributed by atoms with Crippen LogP contribution >= 0.6 is 11.6 Å². The smallest absolute Gasteiger partial charge is 0.227 e. The van der Waals surface area contributed by atoms with Gasteiger partial charge in [0.2, 0.25) is 5.91 Å². The normalized spacial score (nSPS) is 15.6. The molecule has 1 aromatic heterocycles. The van der Waals surface area contributed by atoms with E-state index in [4.69, 9.17) is 21.3 Å². The molecule has 6 rings (SSSR count). The van der Waals surface area contributed by atoms with E-state index in [-0.39, 0.29) is 11.8 Å². The number of imidazole rings is 1. The number of para-hydroxylation sites is 3. The molecule has 6 heteroatoms. The summed E-state index contributed by atoms with van der Waals surface area (Å²) in [5, 5.41) is 3.00. The predicted octanol–water partition coefficient (Wildman–Crippen LogP) is 7.22. The van der Waals surface area contributed by atoms with Crippen LogP contribution in [0, 0.1) is 0 Å². The molecule has 2 heterocycles. The van der Waals surface area contributed by atoms with Crippen molar-refractivity contribution in [2.75, 3.05) is 18.1 Å². The van der Waals surface area contributed by atoms with E-state index in [1.54, 1.807) is 4.90 Å². The van der Waals surface area contributed by atoms with Crippen molar-refractivity contribution in [3.05, 3.63) is 102 Å². The van der Waals surface area contributed by atoms with Crippen LogP contribution in [0.1, 0.15) is 31.0 Å². The first kappa shape index (κ1) is 23.6. The van der Waals surface area contributed by atoms with Crippen LogP contribution in [-0.2, 0) is 11.3 Å². The fraction of sp³-hybridized carbons (Fsp3) is 0.226. The summed E-state index contributed by atoms with van der Waals surface area (Å²) in [6.07, 6.45) is 2.31. The van der Waals surface area contributed by atoms with E-state index >= 15 is 0 Å². The number of hydrogen-bond acceptors (Lipinski definition) is 3. The van der Waals surface area contributed by atoms with Gasteiger partial charge in [-0.15, -0.1) is 0 Å². The van der Waals surface area contributed by atoms with Crippen LogP contribution < -0.4 is 9.64 Å². The molecule has 186 valence electrons. The van der Waals surface area contributed by atoms with Crippen LogP contribution in [0.2, 0.25) is 5.02 Å². The molecule has 1 unspecified atom stereocenters. The maximum Gasteiger partial charge on any atom is 0.227 e. The summed E-state index contributed by atoms with van der Waals surface area (Å²) in [6.45, 7) is 2.06. The number of unbranched alkanes of at least 4 members (excludes halogenated alkanes) is 1. The number of aryl methyl sites for hydroxylation is 1. The van der Waals surface area contributed by atoms with Gasteiger partial charge in [-0.1, -0.05) is 66.2 Å². The Labute approximate surface area is 221 Å². The number of benzene rings is 4. The molecule has 1 saturated heterocycles. The average molecular weight is 510 g/mol. The van der Waals surface area contributed by atoms with Gasteiger partial charge in [-0.25, -0.2) is 4.98 Å². The monoisotopic (exact) mass is 509 g/mol. The Bertz CT molecular complexity index is 1580. The first-order valence-electron chi connectivity index (χ1n) is 12.8. The number of rotatable bonds is 8. The zero-order chi connectivity index (χ0) is 25.2. The molecule has 1 atom stereocenters. The minimum atomic E-state index is 0.0185. The van der Waals surface area contributed by atoms with E-state index in [9.17, 15) is 4.79 Å². The molecule has 0 aliphatic carbocycles. The predicted molar refractivity (Wildman–Crippen MR) is 150 cm³/mol. The second kappa shape index (κ2) is 10.3. The van der Waals surface area contributed by atoms with Crippen molar-refractivity contribution in [3.63, 3.8) is 0 Å². The molecule has 37 heavy (non-hydrogen) atoms. The van der Waals surface area contributed by atoms with Gasteiger partial charge in [0, 0.05) is 25.4 Å². The average Bonchev–Trinajstić information content (AvgIpc) is 3.49. The van der Waals surface area contributed by atoms with Gasteiger partial charge in [-0.3, -0.25) is 4.79 Å². The lowest BCUT2D eigenvalue weighted by Gasteiger charge is -2.18. The van der Waals surface area contributed by atoms with Crippen LogP contribution in [0.3, 0.4) is 0 Å². The zero-order valence-corrected chi connectivity index (χ0v) is 21.3. The van der Waals surface area contributed by atoms with Crippen LogP contribution in [-0.4, -0.2) is 28.6 Å². The third-order valence-electron chi connectivity index (χ3n) is 7.08. The Morgan fingerprint density at radius 1 is 0.892 bits per heavy atom. The summed E-state index contributed by atoms with van der Waals surface area (Å²) in [5.41, 5.74) is 2.84. The van der Waals surface area contributed by atoms with Crippen LogP contribution in [0.25, 0.3) is 21.8 Å². The Hall–Kier alpha value is -3.83. The molecular weight excluding hydrogens is 482 g/mol. The fourth-order valence-corrected chi connectivity index (χ4v) is 5.48. The zero-order valence-electron chi connectivity index (χ0n) is 20.5. The third-order valence-corrected chi connectivity index (χ3v) is 7.40. The molecule has 5 aromatic rings. The van der Waals surface area contributed by atoms with Crippen molar-refractivity contribution in [2.24, 2.45) is 0 Å². The van der Waals surface area contributed by atoms with Gasteiger partial charge < -0.3 is 14.2 Å². The minimum Gasteiger partial charge on any atom is -0.494 e. The highest BCUT2D eigenvalue weighted by atomic mass is 35.5. The molecule has 1 aliphatic rings. The standard InChI is InChI=1S/C31H28ClN3O2/c32-26-11-3-5-13-28(26)35-21-24(20-30(35)36)31-33-27-12-4-6-14-29(27)34(31)17-7-8-18-37-25-16-15-22-9-1-2-10-23(22)19-25/h1-6,9-16,19,24H,7-8,17-18,20-21H2. The van der Waals surface area contributed by atoms with Crippen molar-refractivity contribution in [1.29, 1.82) is 0 Å². The minimum absolute atomic E-state index is 0.0185. The highest BCUT2D eigenvalue weighted by molar-refractivity contribution is 6.33. The lowest BCUT2D eigenvalue weighted by atomic mass is 10.1. The van der Waals surface area contributed by atoms with Crippen molar-refractivity contribution in [2.45, 2.75) is 31.7 Å². The van der Waals surface area contributed by atoms with Crippen molar-refractivity contribution in [1.82, 2.24) is 9.55 Å². The number of aromatic nitrogens is 2. The molecule has 0 radical (unpaired) electrons. The van der Waals surface area contributed by atoms with Crippen LogP contribution in [0.15, 0.2) is 91.0 Å². The SMILES string of the molecule is O=C1CC(c2nc3ccccc3n2CCCCOc2ccc3ccccc3c2)CN1c1ccccc1Cl. The second-order valence-corrected chi connectivity index (χ2v) is 9.94. The molecule has 0 spiro atoms. The highest BCUT2D eigenvalue weighted by Crippen LogP contribution is 2.36. The molecule has 0 saturated carbocycles. The van der Waals surface area contributed by atoms with Gasteiger partial charge in [0.1, 0.15) is 11.6 Å². The summed E-state index contributed by atoms with van der Waals surface area (Å²) in [7, 11) is 0. The van der Waals surface area contributed by atoms with E-state index in [0.29, 0.717) is 24.6 Å². The number of carbonyl (C=O) groups is 1. The van der Waals surface area contributed by atoms with Gasteiger partial charge in [0.15, 0.2) is 0 Å². The summed E-state index contributed by atoms with van der Waals surface area (Å²) in [6, 6.07) is 30.3. The number of fused-ring (bicyclic) bond motifs is 2. The summed E-state index contributed by atoms with van der Waals surface area (Å²) >= 11 is 6.40. The number of halogens is 1.